The van der Waals surface area contributed by atoms with E-state index in [4.69, 9.17) is 4.74 Å². The number of hydrogen-bond donors (Lipinski definition) is 1. The van der Waals surface area contributed by atoms with Crippen molar-refractivity contribution in [1.82, 2.24) is 5.32 Å². The molecule has 1 rings (SSSR count). The van der Waals surface area contributed by atoms with E-state index in [1.54, 1.807) is 0 Å². The predicted molar refractivity (Wildman–Crippen MR) is 52.9 cm³/mol. The summed E-state index contributed by atoms with van der Waals surface area (Å²) in [5.74, 6) is 0. The van der Waals surface area contributed by atoms with Crippen LogP contribution in [0.25, 0.3) is 0 Å². The Hall–Kier alpha value is -1.22. The predicted octanol–water partition coefficient (Wildman–Crippen LogP) is 1.96. The molecule has 0 saturated heterocycles. The van der Waals surface area contributed by atoms with E-state index in [2.05, 4.69) is 5.32 Å². The molecule has 0 aliphatic heterocycles. The van der Waals surface area contributed by atoms with Gasteiger partial charge in [-0.1, -0.05) is 30.3 Å². The molecule has 0 unspecified atom stereocenters. The van der Waals surface area contributed by atoms with Gasteiger partial charge in [0.05, 0.1) is 0 Å². The summed E-state index contributed by atoms with van der Waals surface area (Å²) in [6.07, 6.45) is -0.404. The monoisotopic (exact) mass is 201 g/mol. The minimum Gasteiger partial charge on any atom is -0.445 e. The topological polar surface area (TPSA) is 38.3 Å². The smallest absolute Gasteiger partial charge is 0.407 e. The molecule has 0 radical (unpaired) electrons. The minimum atomic E-state index is -0.404. The van der Waals surface area contributed by atoms with Crippen molar-refractivity contribution in [3.8, 4) is 0 Å². The zero-order valence-corrected chi connectivity index (χ0v) is 8.14. The molecular weight excluding hydrogens is 190 g/mol. The highest BCUT2D eigenvalue weighted by atomic mass is 35.5. The lowest BCUT2D eigenvalue weighted by molar-refractivity contribution is 0.142. The van der Waals surface area contributed by atoms with Gasteiger partial charge in [0.2, 0.25) is 0 Å². The van der Waals surface area contributed by atoms with Gasteiger partial charge in [-0.15, -0.1) is 12.4 Å². The maximum atomic E-state index is 10.7. The molecule has 1 aromatic carbocycles. The fourth-order valence-corrected chi connectivity index (χ4v) is 0.795. The third kappa shape index (κ3) is 4.38. The number of nitrogens with one attached hydrogen (secondary N) is 1. The molecule has 72 valence electrons. The van der Waals surface area contributed by atoms with Crippen molar-refractivity contribution in [2.24, 2.45) is 0 Å². The molecular formula is C9H12ClNO2. The van der Waals surface area contributed by atoms with Gasteiger partial charge in [0.1, 0.15) is 6.61 Å². The Bertz CT molecular complexity index is 251. The molecule has 13 heavy (non-hydrogen) atoms. The van der Waals surface area contributed by atoms with Crippen molar-refractivity contribution in [2.75, 3.05) is 7.05 Å². The summed E-state index contributed by atoms with van der Waals surface area (Å²) >= 11 is 0. The zero-order valence-electron chi connectivity index (χ0n) is 7.32. The Morgan fingerprint density at radius 1 is 1.38 bits per heavy atom. The maximum Gasteiger partial charge on any atom is 0.407 e. The first-order chi connectivity index (χ1) is 5.83. The zero-order chi connectivity index (χ0) is 8.81. The number of rotatable bonds is 2. The van der Waals surface area contributed by atoms with Gasteiger partial charge in [-0.2, -0.15) is 0 Å². The van der Waals surface area contributed by atoms with E-state index in [0.717, 1.165) is 5.56 Å². The van der Waals surface area contributed by atoms with Crippen molar-refractivity contribution in [3.63, 3.8) is 0 Å². The lowest BCUT2D eigenvalue weighted by atomic mass is 10.2. The molecule has 0 aliphatic rings. The summed E-state index contributed by atoms with van der Waals surface area (Å²) in [6.45, 7) is 0.320. The SMILES string of the molecule is CNC(=O)OCc1ccccc1.Cl. The summed E-state index contributed by atoms with van der Waals surface area (Å²) in [4.78, 5) is 10.7. The Balaban J connectivity index is 0.00000144. The number of ether oxygens (including phenoxy) is 1. The quantitative estimate of drug-likeness (QED) is 0.795. The second-order valence-corrected chi connectivity index (χ2v) is 2.31. The fraction of sp³-hybridized carbons (Fsp3) is 0.222. The Labute approximate surface area is 83.5 Å². The second kappa shape index (κ2) is 6.31. The third-order valence-corrected chi connectivity index (χ3v) is 1.42. The first kappa shape index (κ1) is 11.8. The van der Waals surface area contributed by atoms with Gasteiger partial charge in [0.25, 0.3) is 0 Å². The van der Waals surface area contributed by atoms with Crippen LogP contribution in [0.15, 0.2) is 30.3 Å². The molecule has 1 amide bonds. The van der Waals surface area contributed by atoms with Crippen LogP contribution in [0.1, 0.15) is 5.56 Å². The summed E-state index contributed by atoms with van der Waals surface area (Å²) in [5.41, 5.74) is 0.987. The highest BCUT2D eigenvalue weighted by molar-refractivity contribution is 5.85. The molecule has 1 N–H and O–H groups in total. The van der Waals surface area contributed by atoms with Crippen LogP contribution in [0.3, 0.4) is 0 Å². The average molecular weight is 202 g/mol. The van der Waals surface area contributed by atoms with Crippen LogP contribution < -0.4 is 5.32 Å². The number of halogens is 1. The minimum absolute atomic E-state index is 0. The number of carbonyl (C=O) groups excluding carboxylic acids is 1. The number of carbonyl (C=O) groups is 1. The van der Waals surface area contributed by atoms with E-state index in [0.29, 0.717) is 6.61 Å². The summed E-state index contributed by atoms with van der Waals surface area (Å²) < 4.78 is 4.83. The van der Waals surface area contributed by atoms with E-state index in [-0.39, 0.29) is 12.4 Å². The molecule has 0 bridgehead atoms. The molecule has 0 fully saturated rings. The lowest BCUT2D eigenvalue weighted by Crippen LogP contribution is -2.18. The van der Waals surface area contributed by atoms with Gasteiger partial charge in [-0.05, 0) is 5.56 Å². The lowest BCUT2D eigenvalue weighted by Gasteiger charge is -2.02. The summed E-state index contributed by atoms with van der Waals surface area (Å²) in [6, 6.07) is 9.54. The molecule has 0 saturated carbocycles. The second-order valence-electron chi connectivity index (χ2n) is 2.31. The average Bonchev–Trinajstić information content (AvgIpc) is 2.16. The highest BCUT2D eigenvalue weighted by Gasteiger charge is 1.96. The molecule has 0 atom stereocenters. The van der Waals surface area contributed by atoms with E-state index in [9.17, 15) is 4.79 Å². The maximum absolute atomic E-state index is 10.7. The van der Waals surface area contributed by atoms with Gasteiger partial charge < -0.3 is 10.1 Å². The summed E-state index contributed by atoms with van der Waals surface area (Å²) in [5, 5.41) is 2.37. The standard InChI is InChI=1S/C9H11NO2.ClH/c1-10-9(11)12-7-8-5-3-2-4-6-8;/h2-6H,7H2,1H3,(H,10,11);1H. The molecule has 1 aromatic rings. The first-order valence-electron chi connectivity index (χ1n) is 3.71. The highest BCUT2D eigenvalue weighted by Crippen LogP contribution is 1.99. The third-order valence-electron chi connectivity index (χ3n) is 1.42. The van der Waals surface area contributed by atoms with Gasteiger partial charge in [-0.25, -0.2) is 4.79 Å². The first-order valence-corrected chi connectivity index (χ1v) is 3.71. The van der Waals surface area contributed by atoms with Gasteiger partial charge in [0.15, 0.2) is 0 Å². The Kier molecular flexibility index (Phi) is 5.72. The van der Waals surface area contributed by atoms with Gasteiger partial charge >= 0.3 is 6.09 Å². The number of amides is 1. The molecule has 3 nitrogen and oxygen atoms in total. The van der Waals surface area contributed by atoms with Crippen molar-refractivity contribution in [3.05, 3.63) is 35.9 Å². The van der Waals surface area contributed by atoms with Crippen LogP contribution >= 0.6 is 12.4 Å². The van der Waals surface area contributed by atoms with Crippen LogP contribution in [0.2, 0.25) is 0 Å². The van der Waals surface area contributed by atoms with E-state index < -0.39 is 6.09 Å². The number of hydrogen-bond acceptors (Lipinski definition) is 2. The van der Waals surface area contributed by atoms with Crippen molar-refractivity contribution >= 4 is 18.5 Å². The van der Waals surface area contributed by atoms with Crippen LogP contribution in [0.5, 0.6) is 0 Å². The van der Waals surface area contributed by atoms with Crippen LogP contribution in [0, 0.1) is 0 Å². The molecule has 0 heterocycles. The number of benzene rings is 1. The Morgan fingerprint density at radius 2 is 2.00 bits per heavy atom. The van der Waals surface area contributed by atoms with Crippen LogP contribution in [-0.2, 0) is 11.3 Å². The van der Waals surface area contributed by atoms with E-state index in [1.807, 2.05) is 30.3 Å². The number of alkyl carbamates (subject to hydrolysis) is 1. The molecule has 0 spiro atoms. The van der Waals surface area contributed by atoms with E-state index >= 15 is 0 Å². The Morgan fingerprint density at radius 3 is 2.54 bits per heavy atom. The van der Waals surface area contributed by atoms with Crippen molar-refractivity contribution in [2.45, 2.75) is 6.61 Å². The molecule has 0 aliphatic carbocycles. The van der Waals surface area contributed by atoms with Crippen molar-refractivity contribution in [1.29, 1.82) is 0 Å². The van der Waals surface area contributed by atoms with Gasteiger partial charge in [0, 0.05) is 7.05 Å². The van der Waals surface area contributed by atoms with Gasteiger partial charge in [-0.3, -0.25) is 0 Å². The molecule has 0 aromatic heterocycles. The van der Waals surface area contributed by atoms with E-state index in [1.165, 1.54) is 7.05 Å². The van der Waals surface area contributed by atoms with Crippen LogP contribution in [-0.4, -0.2) is 13.1 Å². The van der Waals surface area contributed by atoms with Crippen molar-refractivity contribution < 1.29 is 9.53 Å². The summed E-state index contributed by atoms with van der Waals surface area (Å²) in [7, 11) is 1.54. The fourth-order valence-electron chi connectivity index (χ4n) is 0.795. The normalized spacial score (nSPS) is 8.38. The molecule has 4 heteroatoms. The largest absolute Gasteiger partial charge is 0.445 e. The van der Waals surface area contributed by atoms with Crippen LogP contribution in [0.4, 0.5) is 4.79 Å².